The molecule has 0 aliphatic rings. The summed E-state index contributed by atoms with van der Waals surface area (Å²) >= 11 is 0. The van der Waals surface area contributed by atoms with Crippen LogP contribution < -0.4 is 0 Å². The van der Waals surface area contributed by atoms with Crippen molar-refractivity contribution in [2.45, 2.75) is 39.5 Å². The van der Waals surface area contributed by atoms with Crippen molar-refractivity contribution in [3.05, 3.63) is 47.5 Å². The van der Waals surface area contributed by atoms with Crippen LogP contribution in [0.2, 0.25) is 0 Å². The number of carbonyl (C=O) groups excluding carboxylic acids is 2. The molecule has 0 N–H and O–H groups in total. The predicted molar refractivity (Wildman–Crippen MR) is 96.4 cm³/mol. The number of hydrogen-bond donors (Lipinski definition) is 0. The number of esters is 2. The number of rotatable bonds is 5. The largest absolute Gasteiger partial charge is 0.465 e. The maximum absolute atomic E-state index is 11.8. The fourth-order valence-electron chi connectivity index (χ4n) is 2.37. The van der Waals surface area contributed by atoms with E-state index in [0.29, 0.717) is 5.39 Å². The maximum atomic E-state index is 11.8. The highest BCUT2D eigenvalue weighted by Gasteiger charge is 2.20. The summed E-state index contributed by atoms with van der Waals surface area (Å²) in [5.74, 6) is -1.10. The molecule has 4 nitrogen and oxygen atoms in total. The Bertz CT molecular complexity index is 672. The average Bonchev–Trinajstić information content (AvgIpc) is 2.64. The molecular formula is C20H26O4. The molecule has 0 saturated carbocycles. The van der Waals surface area contributed by atoms with Crippen LogP contribution in [0.1, 0.15) is 60.2 Å². The highest BCUT2D eigenvalue weighted by atomic mass is 16.5. The predicted octanol–water partition coefficient (Wildman–Crippen LogP) is 5.00. The molecule has 0 saturated heterocycles. The Hall–Kier alpha value is -2.36. The van der Waals surface area contributed by atoms with Crippen LogP contribution in [-0.2, 0) is 9.47 Å². The van der Waals surface area contributed by atoms with Gasteiger partial charge in [-0.2, -0.15) is 0 Å². The minimum atomic E-state index is -0.554. The monoisotopic (exact) mass is 330 g/mol. The lowest BCUT2D eigenvalue weighted by Crippen LogP contribution is -2.12. The van der Waals surface area contributed by atoms with Crippen molar-refractivity contribution in [3.8, 4) is 0 Å². The van der Waals surface area contributed by atoms with E-state index in [1.54, 1.807) is 24.3 Å². The molecule has 2 aromatic rings. The summed E-state index contributed by atoms with van der Waals surface area (Å²) in [7, 11) is 2.56. The fourth-order valence-corrected chi connectivity index (χ4v) is 2.37. The lowest BCUT2D eigenvalue weighted by molar-refractivity contribution is 0.0557. The minimum absolute atomic E-state index is 0.211. The molecule has 0 bridgehead atoms. The second-order valence-corrected chi connectivity index (χ2v) is 5.40. The van der Waals surface area contributed by atoms with E-state index in [4.69, 9.17) is 4.74 Å². The van der Waals surface area contributed by atoms with Crippen molar-refractivity contribution >= 4 is 22.7 Å². The molecule has 0 unspecified atom stereocenters. The number of ether oxygens (including phenoxy) is 2. The zero-order chi connectivity index (χ0) is 17.9. The third kappa shape index (κ3) is 5.08. The molecule has 0 aromatic heterocycles. The van der Waals surface area contributed by atoms with Gasteiger partial charge in [0.1, 0.15) is 0 Å². The first-order chi connectivity index (χ1) is 11.6. The zero-order valence-corrected chi connectivity index (χ0v) is 14.9. The van der Waals surface area contributed by atoms with E-state index < -0.39 is 11.9 Å². The normalized spacial score (nSPS) is 9.83. The Kier molecular flexibility index (Phi) is 8.55. The van der Waals surface area contributed by atoms with Gasteiger partial charge < -0.3 is 9.47 Å². The van der Waals surface area contributed by atoms with Crippen LogP contribution in [0.15, 0.2) is 36.4 Å². The summed E-state index contributed by atoms with van der Waals surface area (Å²) in [4.78, 5) is 23.5. The number of hydrogen-bond acceptors (Lipinski definition) is 4. The summed E-state index contributed by atoms with van der Waals surface area (Å²) in [6.07, 6.45) is 5.54. The van der Waals surface area contributed by atoms with Gasteiger partial charge in [0.05, 0.1) is 25.3 Å². The van der Waals surface area contributed by atoms with Crippen LogP contribution in [0.4, 0.5) is 0 Å². The summed E-state index contributed by atoms with van der Waals surface area (Å²) < 4.78 is 9.41. The second kappa shape index (κ2) is 10.4. The molecule has 0 amide bonds. The number of carbonyl (C=O) groups is 2. The summed E-state index contributed by atoms with van der Waals surface area (Å²) in [6, 6.07) is 10.6. The second-order valence-electron chi connectivity index (χ2n) is 5.40. The van der Waals surface area contributed by atoms with Crippen molar-refractivity contribution in [2.24, 2.45) is 0 Å². The third-order valence-electron chi connectivity index (χ3n) is 3.68. The fraction of sp³-hybridized carbons (Fsp3) is 0.400. The van der Waals surface area contributed by atoms with Gasteiger partial charge in [0.2, 0.25) is 0 Å². The standard InChI is InChI=1S/C14H12O4.C6H14/c1-17-13(15)11-8-7-9-5-3-4-6-10(9)12(11)14(16)18-2;1-3-5-6-4-2/h3-8H,1-2H3;3-6H2,1-2H3. The highest BCUT2D eigenvalue weighted by Crippen LogP contribution is 2.24. The zero-order valence-electron chi connectivity index (χ0n) is 14.9. The first-order valence-corrected chi connectivity index (χ1v) is 8.29. The molecule has 130 valence electrons. The first-order valence-electron chi connectivity index (χ1n) is 8.29. The molecule has 2 rings (SSSR count). The molecule has 0 heterocycles. The molecule has 4 heteroatoms. The smallest absolute Gasteiger partial charge is 0.339 e. The Labute approximate surface area is 143 Å². The number of benzene rings is 2. The van der Waals surface area contributed by atoms with E-state index in [0.717, 1.165) is 5.39 Å². The molecular weight excluding hydrogens is 304 g/mol. The van der Waals surface area contributed by atoms with Crippen LogP contribution >= 0.6 is 0 Å². The molecule has 24 heavy (non-hydrogen) atoms. The lowest BCUT2D eigenvalue weighted by Gasteiger charge is -2.09. The van der Waals surface area contributed by atoms with Crippen LogP contribution in [0.5, 0.6) is 0 Å². The van der Waals surface area contributed by atoms with Gasteiger partial charge >= 0.3 is 11.9 Å². The van der Waals surface area contributed by atoms with Crippen LogP contribution in [-0.4, -0.2) is 26.2 Å². The van der Waals surface area contributed by atoms with Crippen LogP contribution in [0.3, 0.4) is 0 Å². The molecule has 0 atom stereocenters. The van der Waals surface area contributed by atoms with E-state index in [1.165, 1.54) is 39.9 Å². The van der Waals surface area contributed by atoms with E-state index >= 15 is 0 Å². The van der Waals surface area contributed by atoms with E-state index in [9.17, 15) is 9.59 Å². The molecule has 0 aliphatic carbocycles. The van der Waals surface area contributed by atoms with Gasteiger partial charge in [-0.05, 0) is 16.8 Å². The van der Waals surface area contributed by atoms with E-state index in [-0.39, 0.29) is 11.1 Å². The Balaban J connectivity index is 0.000000413. The quantitative estimate of drug-likeness (QED) is 0.572. The van der Waals surface area contributed by atoms with Crippen molar-refractivity contribution in [3.63, 3.8) is 0 Å². The van der Waals surface area contributed by atoms with Crippen molar-refractivity contribution in [1.82, 2.24) is 0 Å². The maximum Gasteiger partial charge on any atom is 0.339 e. The van der Waals surface area contributed by atoms with Crippen LogP contribution in [0, 0.1) is 0 Å². The average molecular weight is 330 g/mol. The Morgan fingerprint density at radius 1 is 0.833 bits per heavy atom. The molecule has 0 spiro atoms. The van der Waals surface area contributed by atoms with Crippen molar-refractivity contribution < 1.29 is 19.1 Å². The third-order valence-corrected chi connectivity index (χ3v) is 3.68. The minimum Gasteiger partial charge on any atom is -0.465 e. The Morgan fingerprint density at radius 3 is 1.96 bits per heavy atom. The van der Waals surface area contributed by atoms with Gasteiger partial charge in [-0.3, -0.25) is 0 Å². The summed E-state index contributed by atoms with van der Waals surface area (Å²) in [5.41, 5.74) is 0.450. The van der Waals surface area contributed by atoms with Crippen molar-refractivity contribution in [2.75, 3.05) is 14.2 Å². The highest BCUT2D eigenvalue weighted by molar-refractivity contribution is 6.12. The SMILES string of the molecule is CCCCCC.COC(=O)c1ccc2ccccc2c1C(=O)OC. The van der Waals surface area contributed by atoms with Gasteiger partial charge in [0.25, 0.3) is 0 Å². The van der Waals surface area contributed by atoms with Gasteiger partial charge in [0.15, 0.2) is 0 Å². The molecule has 0 fully saturated rings. The van der Waals surface area contributed by atoms with E-state index in [2.05, 4.69) is 18.6 Å². The Morgan fingerprint density at radius 2 is 1.42 bits per heavy atom. The number of unbranched alkanes of at least 4 members (excludes halogenated alkanes) is 3. The first kappa shape index (κ1) is 19.7. The topological polar surface area (TPSA) is 52.6 Å². The molecule has 0 radical (unpaired) electrons. The summed E-state index contributed by atoms with van der Waals surface area (Å²) in [5, 5.41) is 1.54. The van der Waals surface area contributed by atoms with Crippen LogP contribution in [0.25, 0.3) is 10.8 Å². The number of methoxy groups -OCH3 is 2. The lowest BCUT2D eigenvalue weighted by atomic mass is 9.99. The summed E-state index contributed by atoms with van der Waals surface area (Å²) in [6.45, 7) is 4.46. The van der Waals surface area contributed by atoms with Gasteiger partial charge in [0, 0.05) is 0 Å². The van der Waals surface area contributed by atoms with Gasteiger partial charge in [-0.25, -0.2) is 9.59 Å². The van der Waals surface area contributed by atoms with Crippen molar-refractivity contribution in [1.29, 1.82) is 0 Å². The number of fused-ring (bicyclic) bond motifs is 1. The van der Waals surface area contributed by atoms with Gasteiger partial charge in [-0.1, -0.05) is 69.9 Å². The molecule has 2 aromatic carbocycles. The van der Waals surface area contributed by atoms with E-state index in [1.807, 2.05) is 12.1 Å². The molecule has 0 aliphatic heterocycles. The van der Waals surface area contributed by atoms with Gasteiger partial charge in [-0.15, -0.1) is 0 Å².